The Bertz CT molecular complexity index is 953. The van der Waals surface area contributed by atoms with Crippen LogP contribution in [0.25, 0.3) is 0 Å². The summed E-state index contributed by atoms with van der Waals surface area (Å²) < 4.78 is 29.7. The van der Waals surface area contributed by atoms with Crippen LogP contribution in [-0.4, -0.2) is 31.7 Å². The highest BCUT2D eigenvalue weighted by atomic mass is 35.5. The van der Waals surface area contributed by atoms with Gasteiger partial charge in [0.1, 0.15) is 5.75 Å². The number of para-hydroxylation sites is 1. The van der Waals surface area contributed by atoms with Crippen LogP contribution < -0.4 is 9.64 Å². The second-order valence-electron chi connectivity index (χ2n) is 6.80. The zero-order valence-electron chi connectivity index (χ0n) is 15.0. The summed E-state index contributed by atoms with van der Waals surface area (Å²) in [5.41, 5.74) is -0.605. The molecule has 1 atom stereocenters. The van der Waals surface area contributed by atoms with Crippen LogP contribution in [0.2, 0.25) is 5.02 Å². The average molecular weight is 406 g/mol. The van der Waals surface area contributed by atoms with Gasteiger partial charge in [-0.25, -0.2) is 8.42 Å². The van der Waals surface area contributed by atoms with E-state index in [1.165, 1.54) is 4.90 Å². The fourth-order valence-corrected chi connectivity index (χ4v) is 4.29. The number of hydrogen-bond acceptors (Lipinski definition) is 4. The van der Waals surface area contributed by atoms with Gasteiger partial charge in [0.05, 0.1) is 11.8 Å². The Morgan fingerprint density at radius 3 is 2.30 bits per heavy atom. The van der Waals surface area contributed by atoms with Crippen molar-refractivity contribution >= 4 is 33.0 Å². The molecule has 0 fully saturated rings. The van der Waals surface area contributed by atoms with E-state index in [9.17, 15) is 13.2 Å². The Morgan fingerprint density at radius 1 is 1.11 bits per heavy atom. The minimum atomic E-state index is -3.32. The highest BCUT2D eigenvalue weighted by Crippen LogP contribution is 2.28. The highest BCUT2D eigenvalue weighted by Gasteiger charge is 2.40. The van der Waals surface area contributed by atoms with E-state index in [1.807, 2.05) is 6.07 Å². The quantitative estimate of drug-likeness (QED) is 0.758. The van der Waals surface area contributed by atoms with Crippen molar-refractivity contribution in [1.29, 1.82) is 0 Å². The molecular weight excluding hydrogens is 386 g/mol. The van der Waals surface area contributed by atoms with E-state index in [2.05, 4.69) is 0 Å². The third-order valence-corrected chi connectivity index (χ3v) is 5.83. The number of amides is 1. The molecule has 2 aromatic rings. The normalized spacial score (nSPS) is 18.3. The third-order valence-electron chi connectivity index (χ3n) is 4.20. The molecule has 5 nitrogen and oxygen atoms in total. The highest BCUT2D eigenvalue weighted by molar-refractivity contribution is 7.94. The van der Waals surface area contributed by atoms with Gasteiger partial charge in [-0.05, 0) is 56.3 Å². The lowest BCUT2D eigenvalue weighted by atomic mass is 10.0. The Balaban J connectivity index is 1.92. The second kappa shape index (κ2) is 7.37. The molecule has 0 bridgehead atoms. The first kappa shape index (κ1) is 19.5. The van der Waals surface area contributed by atoms with Crippen molar-refractivity contribution in [3.8, 4) is 5.75 Å². The summed E-state index contributed by atoms with van der Waals surface area (Å²) in [5.74, 6) is 0.0146. The van der Waals surface area contributed by atoms with Gasteiger partial charge in [-0.15, -0.1) is 0 Å². The molecule has 1 aliphatic heterocycles. The van der Waals surface area contributed by atoms with E-state index in [1.54, 1.807) is 68.5 Å². The molecule has 1 aliphatic rings. The number of hydrogen-bond donors (Lipinski definition) is 0. The summed E-state index contributed by atoms with van der Waals surface area (Å²) in [6, 6.07) is 15.1. The maximum atomic E-state index is 13.4. The Labute approximate surface area is 164 Å². The monoisotopic (exact) mass is 405 g/mol. The van der Waals surface area contributed by atoms with Crippen LogP contribution in [0.5, 0.6) is 5.75 Å². The van der Waals surface area contributed by atoms with E-state index in [0.29, 0.717) is 16.5 Å². The van der Waals surface area contributed by atoms with Gasteiger partial charge in [-0.1, -0.05) is 29.8 Å². The second-order valence-corrected chi connectivity index (χ2v) is 9.17. The Hall–Kier alpha value is -2.31. The molecule has 0 unspecified atom stereocenters. The van der Waals surface area contributed by atoms with Crippen molar-refractivity contribution in [3.05, 3.63) is 71.1 Å². The first-order valence-electron chi connectivity index (χ1n) is 8.42. The summed E-state index contributed by atoms with van der Waals surface area (Å²) in [6.07, 6.45) is 1.54. The van der Waals surface area contributed by atoms with Crippen LogP contribution in [0, 0.1) is 0 Å². The van der Waals surface area contributed by atoms with Crippen LogP contribution in [0.4, 0.5) is 5.69 Å². The topological polar surface area (TPSA) is 63.7 Å². The number of carbonyl (C=O) groups is 1. The lowest BCUT2D eigenvalue weighted by molar-refractivity contribution is -0.131. The molecule has 0 N–H and O–H groups in total. The van der Waals surface area contributed by atoms with E-state index >= 15 is 0 Å². The van der Waals surface area contributed by atoms with Gasteiger partial charge in [-0.3, -0.25) is 4.79 Å². The molecule has 0 saturated heterocycles. The molecule has 2 aromatic carbocycles. The molecule has 0 saturated carbocycles. The van der Waals surface area contributed by atoms with Crippen LogP contribution in [0.15, 0.2) is 66.1 Å². The number of rotatable bonds is 5. The van der Waals surface area contributed by atoms with Crippen LogP contribution in [0.1, 0.15) is 13.8 Å². The Kier molecular flexibility index (Phi) is 5.31. The van der Waals surface area contributed by atoms with E-state index in [0.717, 1.165) is 5.41 Å². The maximum Gasteiger partial charge on any atom is 0.271 e. The smallest absolute Gasteiger partial charge is 0.271 e. The molecular formula is C20H20ClNO4S. The largest absolute Gasteiger partial charge is 0.478 e. The average Bonchev–Trinajstić information content (AvgIpc) is 2.97. The first-order valence-corrected chi connectivity index (χ1v) is 10.5. The molecule has 0 spiro atoms. The number of nitrogens with zero attached hydrogens (tertiary/aromatic N) is 1. The van der Waals surface area contributed by atoms with Crippen molar-refractivity contribution < 1.29 is 17.9 Å². The first-order chi connectivity index (χ1) is 12.7. The van der Waals surface area contributed by atoms with Crippen molar-refractivity contribution in [2.24, 2.45) is 0 Å². The molecule has 7 heteroatoms. The summed E-state index contributed by atoms with van der Waals surface area (Å²) in [6.45, 7) is 3.32. The maximum absolute atomic E-state index is 13.4. The molecule has 3 rings (SSSR count). The van der Waals surface area contributed by atoms with Gasteiger partial charge < -0.3 is 9.64 Å². The van der Waals surface area contributed by atoms with Crippen molar-refractivity contribution in [3.63, 3.8) is 0 Å². The summed E-state index contributed by atoms with van der Waals surface area (Å²) >= 11 is 5.89. The van der Waals surface area contributed by atoms with Gasteiger partial charge in [0.15, 0.2) is 15.4 Å². The van der Waals surface area contributed by atoms with E-state index in [4.69, 9.17) is 16.3 Å². The van der Waals surface area contributed by atoms with Gasteiger partial charge >= 0.3 is 0 Å². The summed E-state index contributed by atoms with van der Waals surface area (Å²) in [5, 5.41) is 1.73. The molecule has 142 valence electrons. The van der Waals surface area contributed by atoms with E-state index in [-0.39, 0.29) is 11.7 Å². The zero-order valence-corrected chi connectivity index (χ0v) is 16.6. The minimum absolute atomic E-state index is 0.148. The molecule has 0 aromatic heterocycles. The van der Waals surface area contributed by atoms with E-state index < -0.39 is 21.5 Å². The van der Waals surface area contributed by atoms with Gasteiger partial charge in [0.25, 0.3) is 5.91 Å². The number of ether oxygens (including phenoxy) is 1. The fourth-order valence-electron chi connectivity index (χ4n) is 2.90. The zero-order chi connectivity index (χ0) is 19.7. The number of carbonyl (C=O) groups excluding carboxylic acids is 1. The lowest BCUT2D eigenvalue weighted by Crippen LogP contribution is -2.53. The number of anilines is 1. The minimum Gasteiger partial charge on any atom is -0.478 e. The number of halogens is 1. The molecule has 0 aliphatic carbocycles. The Morgan fingerprint density at radius 2 is 1.74 bits per heavy atom. The molecule has 1 heterocycles. The molecule has 1 amide bonds. The van der Waals surface area contributed by atoms with Crippen molar-refractivity contribution in [2.75, 3.05) is 10.7 Å². The van der Waals surface area contributed by atoms with Crippen molar-refractivity contribution in [2.45, 2.75) is 25.5 Å². The molecule has 27 heavy (non-hydrogen) atoms. The SMILES string of the molecule is CC(C)(Oc1ccc(Cl)cc1)C(=O)N(c1ccccc1)[C@H]1C=CS(=O)(=O)C1. The number of sulfone groups is 1. The van der Waals surface area contributed by atoms with Crippen LogP contribution >= 0.6 is 11.6 Å². The number of benzene rings is 2. The lowest BCUT2D eigenvalue weighted by Gasteiger charge is -2.35. The van der Waals surface area contributed by atoms with Crippen molar-refractivity contribution in [1.82, 2.24) is 0 Å². The predicted molar refractivity (Wildman–Crippen MR) is 107 cm³/mol. The van der Waals surface area contributed by atoms with Gasteiger partial charge in [-0.2, -0.15) is 0 Å². The van der Waals surface area contributed by atoms with Gasteiger partial charge in [0, 0.05) is 16.1 Å². The van der Waals surface area contributed by atoms with Crippen LogP contribution in [0.3, 0.4) is 0 Å². The molecule has 0 radical (unpaired) electrons. The summed E-state index contributed by atoms with van der Waals surface area (Å²) in [7, 11) is -3.32. The predicted octanol–water partition coefficient (Wildman–Crippen LogP) is 3.84. The fraction of sp³-hybridized carbons (Fsp3) is 0.250. The summed E-state index contributed by atoms with van der Waals surface area (Å²) in [4.78, 5) is 14.9. The standard InChI is InChI=1S/C20H20ClNO4S/c1-20(2,26-18-10-8-15(21)9-11-18)19(23)22(16-6-4-3-5-7-16)17-12-13-27(24,25)14-17/h3-13,17H,14H2,1-2H3/t17-/m0/s1. The van der Waals surface area contributed by atoms with Gasteiger partial charge in [0.2, 0.25) is 0 Å². The third kappa shape index (κ3) is 4.51. The van der Waals surface area contributed by atoms with Crippen LogP contribution in [-0.2, 0) is 14.6 Å².